The van der Waals surface area contributed by atoms with Crippen LogP contribution < -0.4 is 0 Å². The van der Waals surface area contributed by atoms with Crippen LogP contribution in [-0.2, 0) is 28.6 Å². The standard InChI is InChI=1S/C16H20O6/c1-5-6-7-8-11-16(14(18)21-3,15(19)22-4)12-9-10-13(17)20-2/h7-10H,11-12H2,1-4H3/b8-7+,10-9+. The van der Waals surface area contributed by atoms with E-state index in [0.29, 0.717) is 0 Å². The molecule has 22 heavy (non-hydrogen) atoms. The first-order valence-electron chi connectivity index (χ1n) is 6.47. The van der Waals surface area contributed by atoms with Crippen LogP contribution in [0.5, 0.6) is 0 Å². The Morgan fingerprint density at radius 3 is 1.95 bits per heavy atom. The van der Waals surface area contributed by atoms with Gasteiger partial charge in [0.15, 0.2) is 5.41 Å². The Morgan fingerprint density at radius 1 is 0.955 bits per heavy atom. The zero-order chi connectivity index (χ0) is 17.0. The van der Waals surface area contributed by atoms with E-state index in [1.807, 2.05) is 0 Å². The highest BCUT2D eigenvalue weighted by Crippen LogP contribution is 2.31. The summed E-state index contributed by atoms with van der Waals surface area (Å²) in [5, 5.41) is 0. The second-order valence-corrected chi connectivity index (χ2v) is 4.20. The van der Waals surface area contributed by atoms with Crippen molar-refractivity contribution in [2.75, 3.05) is 21.3 Å². The number of carbonyl (C=O) groups excluding carboxylic acids is 3. The lowest BCUT2D eigenvalue weighted by Crippen LogP contribution is -2.40. The number of ether oxygens (including phenoxy) is 3. The lowest BCUT2D eigenvalue weighted by Gasteiger charge is -2.25. The Bertz CT molecular complexity index is 502. The molecule has 0 fully saturated rings. The summed E-state index contributed by atoms with van der Waals surface area (Å²) in [5.74, 6) is 3.27. The first-order chi connectivity index (χ1) is 10.5. The van der Waals surface area contributed by atoms with Crippen LogP contribution in [0.15, 0.2) is 24.3 Å². The summed E-state index contributed by atoms with van der Waals surface area (Å²) in [6.07, 6.45) is 5.59. The van der Waals surface area contributed by atoms with Gasteiger partial charge in [-0.15, -0.1) is 5.92 Å². The molecule has 0 saturated heterocycles. The van der Waals surface area contributed by atoms with Crippen molar-refractivity contribution in [2.45, 2.75) is 19.8 Å². The van der Waals surface area contributed by atoms with Crippen molar-refractivity contribution < 1.29 is 28.6 Å². The van der Waals surface area contributed by atoms with Crippen LogP contribution in [-0.4, -0.2) is 39.2 Å². The molecule has 6 nitrogen and oxygen atoms in total. The van der Waals surface area contributed by atoms with Gasteiger partial charge in [0, 0.05) is 6.08 Å². The van der Waals surface area contributed by atoms with Gasteiger partial charge >= 0.3 is 17.9 Å². The molecule has 0 N–H and O–H groups in total. The van der Waals surface area contributed by atoms with E-state index in [9.17, 15) is 14.4 Å². The second kappa shape index (κ2) is 10.2. The minimum Gasteiger partial charge on any atom is -0.468 e. The molecule has 0 bridgehead atoms. The minimum absolute atomic E-state index is 0.0343. The van der Waals surface area contributed by atoms with Gasteiger partial charge in [-0.3, -0.25) is 9.59 Å². The van der Waals surface area contributed by atoms with Crippen LogP contribution in [0.1, 0.15) is 19.8 Å². The van der Waals surface area contributed by atoms with E-state index >= 15 is 0 Å². The lowest BCUT2D eigenvalue weighted by atomic mass is 9.80. The van der Waals surface area contributed by atoms with Gasteiger partial charge in [-0.25, -0.2) is 4.79 Å². The van der Waals surface area contributed by atoms with E-state index in [-0.39, 0.29) is 12.8 Å². The molecule has 0 radical (unpaired) electrons. The van der Waals surface area contributed by atoms with Crippen LogP contribution in [0.4, 0.5) is 0 Å². The number of carbonyl (C=O) groups is 3. The third kappa shape index (κ3) is 5.44. The molecule has 0 aliphatic carbocycles. The maximum absolute atomic E-state index is 12.1. The fraction of sp³-hybridized carbons (Fsp3) is 0.438. The van der Waals surface area contributed by atoms with E-state index in [4.69, 9.17) is 9.47 Å². The van der Waals surface area contributed by atoms with Crippen LogP contribution in [0.3, 0.4) is 0 Å². The van der Waals surface area contributed by atoms with E-state index < -0.39 is 23.3 Å². The molecule has 0 aromatic heterocycles. The van der Waals surface area contributed by atoms with Crippen LogP contribution in [0, 0.1) is 17.3 Å². The van der Waals surface area contributed by atoms with Crippen molar-refractivity contribution in [3.05, 3.63) is 24.3 Å². The molecule has 0 unspecified atom stereocenters. The molecule has 0 saturated carbocycles. The Kier molecular flexibility index (Phi) is 9.03. The zero-order valence-electron chi connectivity index (χ0n) is 13.2. The van der Waals surface area contributed by atoms with E-state index in [2.05, 4.69) is 16.6 Å². The summed E-state index contributed by atoms with van der Waals surface area (Å²) in [6, 6.07) is 0. The molecule has 0 spiro atoms. The molecular formula is C16H20O6. The third-order valence-corrected chi connectivity index (χ3v) is 2.89. The second-order valence-electron chi connectivity index (χ2n) is 4.20. The van der Waals surface area contributed by atoms with E-state index in [0.717, 1.165) is 6.08 Å². The number of hydrogen-bond donors (Lipinski definition) is 0. The van der Waals surface area contributed by atoms with Crippen molar-refractivity contribution in [3.63, 3.8) is 0 Å². The highest BCUT2D eigenvalue weighted by molar-refractivity contribution is 6.00. The van der Waals surface area contributed by atoms with Crippen LogP contribution >= 0.6 is 0 Å². The van der Waals surface area contributed by atoms with Crippen molar-refractivity contribution in [3.8, 4) is 11.8 Å². The maximum Gasteiger partial charge on any atom is 0.330 e. The van der Waals surface area contributed by atoms with E-state index in [1.165, 1.54) is 33.5 Å². The maximum atomic E-state index is 12.1. The topological polar surface area (TPSA) is 78.9 Å². The van der Waals surface area contributed by atoms with Gasteiger partial charge in [-0.05, 0) is 25.8 Å². The number of rotatable bonds is 7. The van der Waals surface area contributed by atoms with Crippen LogP contribution in [0.25, 0.3) is 0 Å². The smallest absolute Gasteiger partial charge is 0.330 e. The molecule has 120 valence electrons. The molecule has 0 heterocycles. The summed E-state index contributed by atoms with van der Waals surface area (Å²) in [6.45, 7) is 1.66. The van der Waals surface area contributed by atoms with Crippen molar-refractivity contribution in [1.82, 2.24) is 0 Å². The van der Waals surface area contributed by atoms with Gasteiger partial charge in [0.1, 0.15) is 0 Å². The Morgan fingerprint density at radius 2 is 1.50 bits per heavy atom. The normalized spacial score (nSPS) is 10.9. The minimum atomic E-state index is -1.57. The fourth-order valence-electron chi connectivity index (χ4n) is 1.72. The van der Waals surface area contributed by atoms with Crippen molar-refractivity contribution in [2.24, 2.45) is 5.41 Å². The first-order valence-corrected chi connectivity index (χ1v) is 6.47. The van der Waals surface area contributed by atoms with Crippen molar-refractivity contribution in [1.29, 1.82) is 0 Å². The van der Waals surface area contributed by atoms with Gasteiger partial charge in [0.25, 0.3) is 0 Å². The highest BCUT2D eigenvalue weighted by atomic mass is 16.5. The third-order valence-electron chi connectivity index (χ3n) is 2.89. The SMILES string of the molecule is CC#C/C=C/CC(C/C=C/C(=O)OC)(C(=O)OC)C(=O)OC. The molecule has 0 aromatic rings. The van der Waals surface area contributed by atoms with Gasteiger partial charge in [0.2, 0.25) is 0 Å². The molecule has 0 aromatic carbocycles. The predicted molar refractivity (Wildman–Crippen MR) is 79.4 cm³/mol. The molecule has 6 heteroatoms. The molecule has 0 rings (SSSR count). The molecule has 0 aliphatic heterocycles. The average Bonchev–Trinajstić information content (AvgIpc) is 2.55. The largest absolute Gasteiger partial charge is 0.468 e. The quantitative estimate of drug-likeness (QED) is 0.233. The molecule has 0 atom stereocenters. The first kappa shape index (κ1) is 19.4. The summed E-state index contributed by atoms with van der Waals surface area (Å²) in [7, 11) is 3.59. The van der Waals surface area contributed by atoms with Crippen molar-refractivity contribution >= 4 is 17.9 Å². The summed E-state index contributed by atoms with van der Waals surface area (Å²) in [4.78, 5) is 35.3. The van der Waals surface area contributed by atoms with Gasteiger partial charge < -0.3 is 14.2 Å². The summed E-state index contributed by atoms with van der Waals surface area (Å²) < 4.78 is 13.9. The van der Waals surface area contributed by atoms with Gasteiger partial charge in [0.05, 0.1) is 21.3 Å². The zero-order valence-corrected chi connectivity index (χ0v) is 13.2. The summed E-state index contributed by atoms with van der Waals surface area (Å²) in [5.41, 5.74) is -1.57. The molecular weight excluding hydrogens is 288 g/mol. The Labute approximate surface area is 130 Å². The Hall–Kier alpha value is -2.55. The van der Waals surface area contributed by atoms with Crippen LogP contribution in [0.2, 0.25) is 0 Å². The molecule has 0 amide bonds. The highest BCUT2D eigenvalue weighted by Gasteiger charge is 2.46. The predicted octanol–water partition coefficient (Wildman–Crippen LogP) is 1.41. The number of hydrogen-bond acceptors (Lipinski definition) is 6. The number of esters is 3. The van der Waals surface area contributed by atoms with E-state index in [1.54, 1.807) is 13.0 Å². The van der Waals surface area contributed by atoms with Gasteiger partial charge in [-0.2, -0.15) is 0 Å². The molecule has 0 aliphatic rings. The fourth-order valence-corrected chi connectivity index (χ4v) is 1.72. The number of methoxy groups -OCH3 is 3. The average molecular weight is 308 g/mol. The monoisotopic (exact) mass is 308 g/mol. The Balaban J connectivity index is 5.49. The lowest BCUT2D eigenvalue weighted by molar-refractivity contribution is -0.168. The van der Waals surface area contributed by atoms with Gasteiger partial charge in [-0.1, -0.05) is 18.1 Å². The summed E-state index contributed by atoms with van der Waals surface area (Å²) >= 11 is 0. The number of allylic oxidation sites excluding steroid dienone is 3.